The molecule has 1 aromatic heterocycles. The summed E-state index contributed by atoms with van der Waals surface area (Å²) in [6.45, 7) is 0.725. The van der Waals surface area contributed by atoms with Crippen LogP contribution >= 0.6 is 11.8 Å². The van der Waals surface area contributed by atoms with Crippen LogP contribution in [0.3, 0.4) is 0 Å². The molecule has 2 heterocycles. The topological polar surface area (TPSA) is 37.5 Å². The van der Waals surface area contributed by atoms with Crippen molar-refractivity contribution in [2.45, 2.75) is 38.3 Å². The lowest BCUT2D eigenvalue weighted by Gasteiger charge is -2.36. The van der Waals surface area contributed by atoms with Gasteiger partial charge in [0, 0.05) is 17.4 Å². The van der Waals surface area contributed by atoms with Gasteiger partial charge in [-0.25, -0.2) is 0 Å². The Kier molecular flexibility index (Phi) is 3.41. The van der Waals surface area contributed by atoms with E-state index < -0.39 is 0 Å². The highest BCUT2D eigenvalue weighted by Crippen LogP contribution is 2.31. The third-order valence-electron chi connectivity index (χ3n) is 3.64. The van der Waals surface area contributed by atoms with Gasteiger partial charge in [0.1, 0.15) is 0 Å². The normalized spacial score (nSPS) is 30.9. The first kappa shape index (κ1) is 11.2. The van der Waals surface area contributed by atoms with Gasteiger partial charge in [0.2, 0.25) is 0 Å². The first-order valence-electron chi connectivity index (χ1n) is 6.37. The van der Waals surface area contributed by atoms with Crippen LogP contribution in [0, 0.1) is 5.92 Å². The van der Waals surface area contributed by atoms with Crippen LogP contribution in [0.5, 0.6) is 0 Å². The highest BCUT2D eigenvalue weighted by Gasteiger charge is 2.29. The Bertz CT molecular complexity index is 388. The molecule has 4 heteroatoms. The van der Waals surface area contributed by atoms with E-state index in [9.17, 15) is 0 Å². The molecule has 3 rings (SSSR count). The molecule has 0 amide bonds. The largest absolute Gasteiger partial charge is 0.472 e. The molecule has 0 radical (unpaired) electrons. The van der Waals surface area contributed by atoms with Gasteiger partial charge in [0.15, 0.2) is 5.17 Å². The van der Waals surface area contributed by atoms with Gasteiger partial charge in [-0.2, -0.15) is 0 Å². The fourth-order valence-electron chi connectivity index (χ4n) is 2.62. The van der Waals surface area contributed by atoms with E-state index in [1.165, 1.54) is 31.4 Å². The number of hydrogen-bond acceptors (Lipinski definition) is 3. The smallest absolute Gasteiger partial charge is 0.157 e. The minimum atomic E-state index is 0.674. The van der Waals surface area contributed by atoms with Crippen LogP contribution in [-0.2, 0) is 6.54 Å². The summed E-state index contributed by atoms with van der Waals surface area (Å²) < 4.78 is 5.04. The first-order valence-corrected chi connectivity index (χ1v) is 7.35. The summed E-state index contributed by atoms with van der Waals surface area (Å²) >= 11 is 1.88. The average Bonchev–Trinajstić information content (AvgIpc) is 2.89. The second-order valence-corrected chi connectivity index (χ2v) is 5.87. The third-order valence-corrected chi connectivity index (χ3v) is 4.75. The highest BCUT2D eigenvalue weighted by molar-refractivity contribution is 8.13. The zero-order valence-corrected chi connectivity index (χ0v) is 10.7. The number of nitrogens with one attached hydrogen (secondary N) is 1. The number of hydrogen-bond donors (Lipinski definition) is 1. The van der Waals surface area contributed by atoms with Gasteiger partial charge in [-0.1, -0.05) is 24.6 Å². The SMILES string of the molecule is c1cc(CN=C2NC3CCCCC3CS2)co1. The molecule has 2 aliphatic rings. The Morgan fingerprint density at radius 2 is 2.35 bits per heavy atom. The fourth-order valence-corrected chi connectivity index (χ4v) is 3.78. The van der Waals surface area contributed by atoms with E-state index in [0.29, 0.717) is 6.04 Å². The summed E-state index contributed by atoms with van der Waals surface area (Å²) in [6.07, 6.45) is 8.95. The van der Waals surface area contributed by atoms with E-state index in [-0.39, 0.29) is 0 Å². The lowest BCUT2D eigenvalue weighted by molar-refractivity contribution is 0.311. The summed E-state index contributed by atoms with van der Waals surface area (Å²) in [5.74, 6) is 2.10. The molecule has 0 spiro atoms. The van der Waals surface area contributed by atoms with E-state index in [0.717, 1.165) is 23.2 Å². The van der Waals surface area contributed by atoms with Gasteiger partial charge in [0.05, 0.1) is 19.1 Å². The zero-order valence-electron chi connectivity index (χ0n) is 9.89. The van der Waals surface area contributed by atoms with E-state index in [2.05, 4.69) is 10.3 Å². The van der Waals surface area contributed by atoms with Crippen LogP contribution < -0.4 is 5.32 Å². The van der Waals surface area contributed by atoms with Crippen LogP contribution in [0.15, 0.2) is 28.0 Å². The summed E-state index contributed by atoms with van der Waals surface area (Å²) in [7, 11) is 0. The molecular weight excluding hydrogens is 232 g/mol. The van der Waals surface area contributed by atoms with Crippen LogP contribution in [0.4, 0.5) is 0 Å². The predicted molar refractivity (Wildman–Crippen MR) is 71.2 cm³/mol. The Balaban J connectivity index is 1.59. The third kappa shape index (κ3) is 2.68. The second-order valence-electron chi connectivity index (χ2n) is 4.86. The van der Waals surface area contributed by atoms with Crippen molar-refractivity contribution < 1.29 is 4.42 Å². The number of amidine groups is 1. The summed E-state index contributed by atoms with van der Waals surface area (Å²) in [5.41, 5.74) is 1.14. The number of fused-ring (bicyclic) bond motifs is 1. The molecule has 0 bridgehead atoms. The number of rotatable bonds is 2. The predicted octanol–water partition coefficient (Wildman–Crippen LogP) is 3.03. The number of furan rings is 1. The summed E-state index contributed by atoms with van der Waals surface area (Å²) in [6, 6.07) is 2.65. The number of nitrogens with zero attached hydrogens (tertiary/aromatic N) is 1. The molecule has 1 saturated carbocycles. The van der Waals surface area contributed by atoms with Crippen molar-refractivity contribution in [3.63, 3.8) is 0 Å². The zero-order chi connectivity index (χ0) is 11.5. The molecule has 1 saturated heterocycles. The van der Waals surface area contributed by atoms with Crippen molar-refractivity contribution in [2.75, 3.05) is 5.75 Å². The van der Waals surface area contributed by atoms with Gasteiger partial charge in [-0.3, -0.25) is 4.99 Å². The quantitative estimate of drug-likeness (QED) is 0.876. The van der Waals surface area contributed by atoms with Crippen molar-refractivity contribution in [3.05, 3.63) is 24.2 Å². The van der Waals surface area contributed by atoms with Crippen molar-refractivity contribution >= 4 is 16.9 Å². The molecule has 2 fully saturated rings. The van der Waals surface area contributed by atoms with Crippen LogP contribution in [-0.4, -0.2) is 17.0 Å². The lowest BCUT2D eigenvalue weighted by atomic mass is 9.86. The van der Waals surface area contributed by atoms with Crippen molar-refractivity contribution in [2.24, 2.45) is 10.9 Å². The Labute approximate surface area is 106 Å². The minimum absolute atomic E-state index is 0.674. The van der Waals surface area contributed by atoms with Crippen LogP contribution in [0.25, 0.3) is 0 Å². The monoisotopic (exact) mass is 250 g/mol. The van der Waals surface area contributed by atoms with Crippen LogP contribution in [0.2, 0.25) is 0 Å². The maximum absolute atomic E-state index is 5.04. The molecule has 2 atom stereocenters. The van der Waals surface area contributed by atoms with Gasteiger partial charge in [-0.05, 0) is 24.8 Å². The highest BCUT2D eigenvalue weighted by atomic mass is 32.2. The van der Waals surface area contributed by atoms with Gasteiger partial charge >= 0.3 is 0 Å². The lowest BCUT2D eigenvalue weighted by Crippen LogP contribution is -2.46. The maximum Gasteiger partial charge on any atom is 0.157 e. The van der Waals surface area contributed by atoms with E-state index in [4.69, 9.17) is 4.42 Å². The Hall–Kier alpha value is -0.900. The van der Waals surface area contributed by atoms with Crippen molar-refractivity contribution in [3.8, 4) is 0 Å². The number of aliphatic imine (C=N–C) groups is 1. The Morgan fingerprint density at radius 1 is 1.41 bits per heavy atom. The molecule has 2 unspecified atom stereocenters. The van der Waals surface area contributed by atoms with E-state index in [1.807, 2.05) is 17.8 Å². The van der Waals surface area contributed by atoms with Crippen LogP contribution in [0.1, 0.15) is 31.2 Å². The molecule has 17 heavy (non-hydrogen) atoms. The molecule has 1 aliphatic heterocycles. The number of thioether (sulfide) groups is 1. The molecular formula is C13H18N2OS. The summed E-state index contributed by atoms with van der Waals surface area (Å²) in [4.78, 5) is 4.63. The molecule has 1 aromatic rings. The molecule has 1 N–H and O–H groups in total. The molecule has 0 aromatic carbocycles. The molecule has 1 aliphatic carbocycles. The molecule has 3 nitrogen and oxygen atoms in total. The second kappa shape index (κ2) is 5.17. The first-order chi connectivity index (χ1) is 8.42. The van der Waals surface area contributed by atoms with Crippen molar-refractivity contribution in [1.29, 1.82) is 0 Å². The van der Waals surface area contributed by atoms with Gasteiger partial charge < -0.3 is 9.73 Å². The van der Waals surface area contributed by atoms with Crippen molar-refractivity contribution in [1.82, 2.24) is 5.32 Å². The van der Waals surface area contributed by atoms with Gasteiger partial charge in [0.25, 0.3) is 0 Å². The minimum Gasteiger partial charge on any atom is -0.472 e. The Morgan fingerprint density at radius 3 is 3.24 bits per heavy atom. The summed E-state index contributed by atoms with van der Waals surface area (Å²) in [5, 5.41) is 4.72. The average molecular weight is 250 g/mol. The molecule has 92 valence electrons. The fraction of sp³-hybridized carbons (Fsp3) is 0.615. The van der Waals surface area contributed by atoms with E-state index >= 15 is 0 Å². The maximum atomic E-state index is 5.04. The standard InChI is InChI=1S/C13H18N2OS/c1-2-4-12-11(3-1)9-17-13(15-12)14-7-10-5-6-16-8-10/h5-6,8,11-12H,1-4,7,9H2,(H,14,15). The van der Waals surface area contributed by atoms with Gasteiger partial charge in [-0.15, -0.1) is 0 Å². The van der Waals surface area contributed by atoms with E-state index in [1.54, 1.807) is 12.5 Å².